The van der Waals surface area contributed by atoms with Crippen LogP contribution in [0.25, 0.3) is 0 Å². The summed E-state index contributed by atoms with van der Waals surface area (Å²) in [5.74, 6) is 0.0535. The van der Waals surface area contributed by atoms with Gasteiger partial charge in [0.05, 0.1) is 10.8 Å². The van der Waals surface area contributed by atoms with E-state index in [1.807, 2.05) is 18.7 Å². The number of carbonyl (C=O) groups excluding carboxylic acids is 2. The zero-order valence-electron chi connectivity index (χ0n) is 18.2. The van der Waals surface area contributed by atoms with Gasteiger partial charge in [0.15, 0.2) is 0 Å². The van der Waals surface area contributed by atoms with Crippen LogP contribution in [0.4, 0.5) is 0 Å². The van der Waals surface area contributed by atoms with Gasteiger partial charge in [-0.2, -0.15) is 4.31 Å². The quantitative estimate of drug-likeness (QED) is 0.694. The van der Waals surface area contributed by atoms with Crippen molar-refractivity contribution in [3.8, 4) is 0 Å². The van der Waals surface area contributed by atoms with Gasteiger partial charge in [-0.05, 0) is 55.9 Å². The van der Waals surface area contributed by atoms with Gasteiger partial charge in [0, 0.05) is 43.7 Å². The lowest BCUT2D eigenvalue weighted by atomic mass is 9.97. The van der Waals surface area contributed by atoms with Gasteiger partial charge >= 0.3 is 0 Å². The Morgan fingerprint density at radius 3 is 2.35 bits per heavy atom. The molecule has 1 atom stereocenters. The molecule has 2 fully saturated rings. The zero-order valence-corrected chi connectivity index (χ0v) is 19.8. The number of halogens is 1. The molecule has 2 saturated heterocycles. The highest BCUT2D eigenvalue weighted by Crippen LogP contribution is 2.25. The molecule has 0 bridgehead atoms. The molecule has 2 heterocycles. The topological polar surface area (TPSA) is 86.8 Å². The minimum absolute atomic E-state index is 0.0267. The molecule has 1 aromatic carbocycles. The molecule has 31 heavy (non-hydrogen) atoms. The van der Waals surface area contributed by atoms with Gasteiger partial charge in [0.25, 0.3) is 0 Å². The lowest BCUT2D eigenvalue weighted by molar-refractivity contribution is -0.133. The fraction of sp³-hybridized carbons (Fsp3) is 0.636. The summed E-state index contributed by atoms with van der Waals surface area (Å²) in [5.41, 5.74) is 0. The first-order valence-electron chi connectivity index (χ1n) is 11.0. The predicted octanol–water partition coefficient (Wildman–Crippen LogP) is 2.89. The number of nitrogens with one attached hydrogen (secondary N) is 1. The van der Waals surface area contributed by atoms with Crippen LogP contribution < -0.4 is 5.32 Å². The van der Waals surface area contributed by atoms with Gasteiger partial charge in [0.2, 0.25) is 21.8 Å². The van der Waals surface area contributed by atoms with Crippen molar-refractivity contribution in [2.45, 2.75) is 56.9 Å². The van der Waals surface area contributed by atoms with E-state index < -0.39 is 10.0 Å². The molecular weight excluding hydrogens is 438 g/mol. The van der Waals surface area contributed by atoms with Crippen LogP contribution in [0, 0.1) is 11.8 Å². The Hall–Kier alpha value is -1.64. The molecule has 2 aliphatic heterocycles. The van der Waals surface area contributed by atoms with E-state index in [2.05, 4.69) is 5.32 Å². The molecule has 7 nitrogen and oxygen atoms in total. The zero-order chi connectivity index (χ0) is 22.6. The van der Waals surface area contributed by atoms with E-state index in [9.17, 15) is 18.0 Å². The third kappa shape index (κ3) is 6.20. The maximum atomic E-state index is 12.9. The Morgan fingerprint density at radius 1 is 1.10 bits per heavy atom. The first kappa shape index (κ1) is 24.0. The summed E-state index contributed by atoms with van der Waals surface area (Å²) in [6.45, 7) is 5.96. The van der Waals surface area contributed by atoms with E-state index in [-0.39, 0.29) is 35.2 Å². The fourth-order valence-corrected chi connectivity index (χ4v) is 5.85. The summed E-state index contributed by atoms with van der Waals surface area (Å²) in [6, 6.07) is 6.13. The molecule has 3 rings (SSSR count). The average Bonchev–Trinajstić information content (AvgIpc) is 2.74. The van der Waals surface area contributed by atoms with Gasteiger partial charge in [-0.3, -0.25) is 9.59 Å². The number of amides is 2. The summed E-state index contributed by atoms with van der Waals surface area (Å²) < 4.78 is 27.3. The fourth-order valence-electron chi connectivity index (χ4n) is 4.20. The van der Waals surface area contributed by atoms with Gasteiger partial charge in [0.1, 0.15) is 0 Å². The molecular formula is C22H32ClN3O4S. The maximum Gasteiger partial charge on any atom is 0.243 e. The van der Waals surface area contributed by atoms with Gasteiger partial charge in [-0.25, -0.2) is 8.42 Å². The SMILES string of the molecule is CC(C)CC(=O)N1CCC(NC(=O)C2CCCN(S(=O)(=O)c3ccc(Cl)cc3)C2)CC1. The summed E-state index contributed by atoms with van der Waals surface area (Å²) in [7, 11) is -3.65. The number of nitrogens with zero attached hydrogens (tertiary/aromatic N) is 2. The largest absolute Gasteiger partial charge is 0.353 e. The first-order chi connectivity index (χ1) is 14.7. The summed E-state index contributed by atoms with van der Waals surface area (Å²) >= 11 is 5.87. The third-order valence-corrected chi connectivity index (χ3v) is 8.11. The Morgan fingerprint density at radius 2 is 1.74 bits per heavy atom. The molecule has 0 aromatic heterocycles. The second-order valence-corrected chi connectivity index (χ2v) is 11.3. The van der Waals surface area contributed by atoms with Gasteiger partial charge in [-0.15, -0.1) is 0 Å². The van der Waals surface area contributed by atoms with Crippen LogP contribution in [-0.2, 0) is 19.6 Å². The monoisotopic (exact) mass is 469 g/mol. The third-order valence-electron chi connectivity index (χ3n) is 5.98. The van der Waals surface area contributed by atoms with Crippen molar-refractivity contribution in [2.75, 3.05) is 26.2 Å². The van der Waals surface area contributed by atoms with Crippen molar-refractivity contribution in [3.63, 3.8) is 0 Å². The van der Waals surface area contributed by atoms with E-state index in [1.54, 1.807) is 12.1 Å². The normalized spacial score (nSPS) is 21.3. The Balaban J connectivity index is 1.53. The van der Waals surface area contributed by atoms with Crippen LogP contribution in [-0.4, -0.2) is 61.7 Å². The van der Waals surface area contributed by atoms with Crippen LogP contribution in [0.15, 0.2) is 29.2 Å². The first-order valence-corrected chi connectivity index (χ1v) is 12.8. The van der Waals surface area contributed by atoms with Crippen LogP contribution in [0.3, 0.4) is 0 Å². The smallest absolute Gasteiger partial charge is 0.243 e. The second-order valence-electron chi connectivity index (χ2n) is 8.92. The lowest BCUT2D eigenvalue weighted by Gasteiger charge is -2.35. The molecule has 0 spiro atoms. The number of likely N-dealkylation sites (tertiary alicyclic amines) is 1. The van der Waals surface area contributed by atoms with E-state index in [0.717, 1.165) is 12.8 Å². The summed E-state index contributed by atoms with van der Waals surface area (Å²) in [4.78, 5) is 27.1. The van der Waals surface area contributed by atoms with Crippen molar-refractivity contribution < 1.29 is 18.0 Å². The number of benzene rings is 1. The highest BCUT2D eigenvalue weighted by atomic mass is 35.5. The highest BCUT2D eigenvalue weighted by Gasteiger charge is 2.34. The predicted molar refractivity (Wildman–Crippen MR) is 120 cm³/mol. The van der Waals surface area contributed by atoms with Crippen LogP contribution in [0.1, 0.15) is 46.0 Å². The van der Waals surface area contributed by atoms with Crippen LogP contribution in [0.5, 0.6) is 0 Å². The molecule has 172 valence electrons. The number of piperidine rings is 2. The standard InChI is InChI=1S/C22H32ClN3O4S/c1-16(2)14-21(27)25-12-9-19(10-13-25)24-22(28)17-4-3-11-26(15-17)31(29,30)20-7-5-18(23)6-8-20/h5-8,16-17,19H,3-4,9-15H2,1-2H3,(H,24,28). The highest BCUT2D eigenvalue weighted by molar-refractivity contribution is 7.89. The molecule has 9 heteroatoms. The molecule has 0 aliphatic carbocycles. The van der Waals surface area contributed by atoms with Crippen molar-refractivity contribution in [1.82, 2.24) is 14.5 Å². The molecule has 1 unspecified atom stereocenters. The van der Waals surface area contributed by atoms with E-state index in [1.165, 1.54) is 16.4 Å². The van der Waals surface area contributed by atoms with E-state index in [4.69, 9.17) is 11.6 Å². The molecule has 1 N–H and O–H groups in total. The Bertz CT molecular complexity index is 881. The van der Waals surface area contributed by atoms with Gasteiger partial charge in [-0.1, -0.05) is 25.4 Å². The lowest BCUT2D eigenvalue weighted by Crippen LogP contribution is -2.50. The van der Waals surface area contributed by atoms with Crippen molar-refractivity contribution in [3.05, 3.63) is 29.3 Å². The van der Waals surface area contributed by atoms with Crippen molar-refractivity contribution >= 4 is 33.4 Å². The minimum atomic E-state index is -3.65. The Labute approximate surface area is 190 Å². The maximum absolute atomic E-state index is 12.9. The summed E-state index contributed by atoms with van der Waals surface area (Å²) in [6.07, 6.45) is 3.33. The van der Waals surface area contributed by atoms with Gasteiger partial charge < -0.3 is 10.2 Å². The van der Waals surface area contributed by atoms with Crippen LogP contribution >= 0.6 is 11.6 Å². The molecule has 2 amide bonds. The number of sulfonamides is 1. The number of carbonyl (C=O) groups is 2. The Kier molecular flexibility index (Phi) is 7.99. The van der Waals surface area contributed by atoms with Crippen LogP contribution in [0.2, 0.25) is 5.02 Å². The average molecular weight is 470 g/mol. The second kappa shape index (κ2) is 10.3. The molecule has 0 saturated carbocycles. The summed E-state index contributed by atoms with van der Waals surface area (Å²) in [5, 5.41) is 3.57. The number of hydrogen-bond donors (Lipinski definition) is 1. The molecule has 0 radical (unpaired) electrons. The minimum Gasteiger partial charge on any atom is -0.353 e. The van der Waals surface area contributed by atoms with Crippen molar-refractivity contribution in [2.24, 2.45) is 11.8 Å². The van der Waals surface area contributed by atoms with E-state index in [0.29, 0.717) is 49.8 Å². The molecule has 2 aliphatic rings. The molecule has 1 aromatic rings. The van der Waals surface area contributed by atoms with E-state index >= 15 is 0 Å². The van der Waals surface area contributed by atoms with Crippen molar-refractivity contribution in [1.29, 1.82) is 0 Å². The number of rotatable bonds is 6. The number of hydrogen-bond acceptors (Lipinski definition) is 4.